The molecular weight excluding hydrogens is 224 g/mol. The van der Waals surface area contributed by atoms with Gasteiger partial charge in [0.25, 0.3) is 0 Å². The summed E-state index contributed by atoms with van der Waals surface area (Å²) in [4.78, 5) is 8.60. The number of imidazole rings is 1. The summed E-state index contributed by atoms with van der Waals surface area (Å²) in [6.07, 6.45) is 10.1. The van der Waals surface area contributed by atoms with E-state index in [4.69, 9.17) is 0 Å². The third-order valence-electron chi connectivity index (χ3n) is 3.51. The van der Waals surface area contributed by atoms with E-state index in [0.29, 0.717) is 5.92 Å². The molecule has 0 spiro atoms. The van der Waals surface area contributed by atoms with Gasteiger partial charge >= 0.3 is 0 Å². The molecule has 1 aliphatic heterocycles. The molecule has 1 N–H and O–H groups in total. The monoisotopic (exact) mass is 242 g/mol. The van der Waals surface area contributed by atoms with Gasteiger partial charge in [0.2, 0.25) is 0 Å². The van der Waals surface area contributed by atoms with Gasteiger partial charge in [0, 0.05) is 43.8 Å². The Morgan fingerprint density at radius 2 is 2.17 bits per heavy atom. The van der Waals surface area contributed by atoms with Crippen LogP contribution in [-0.2, 0) is 6.54 Å². The fourth-order valence-corrected chi connectivity index (χ4v) is 2.57. The molecule has 18 heavy (non-hydrogen) atoms. The van der Waals surface area contributed by atoms with Gasteiger partial charge in [0.1, 0.15) is 5.82 Å². The third kappa shape index (κ3) is 2.43. The first-order chi connectivity index (χ1) is 8.93. The van der Waals surface area contributed by atoms with Crippen molar-refractivity contribution >= 4 is 0 Å². The van der Waals surface area contributed by atoms with Crippen LogP contribution in [-0.4, -0.2) is 27.6 Å². The number of nitrogens with one attached hydrogen (secondary N) is 1. The van der Waals surface area contributed by atoms with Gasteiger partial charge in [-0.1, -0.05) is 0 Å². The smallest absolute Gasteiger partial charge is 0.113 e. The van der Waals surface area contributed by atoms with E-state index in [9.17, 15) is 0 Å². The molecule has 2 aromatic heterocycles. The average Bonchev–Trinajstić information content (AvgIpc) is 2.89. The molecule has 0 saturated carbocycles. The lowest BCUT2D eigenvalue weighted by Crippen LogP contribution is -2.30. The molecule has 3 heterocycles. The second-order valence-corrected chi connectivity index (χ2v) is 4.81. The van der Waals surface area contributed by atoms with Crippen LogP contribution in [0.5, 0.6) is 0 Å². The van der Waals surface area contributed by atoms with Crippen molar-refractivity contribution in [3.8, 4) is 0 Å². The van der Waals surface area contributed by atoms with E-state index in [-0.39, 0.29) is 0 Å². The molecule has 0 aliphatic carbocycles. The lowest BCUT2D eigenvalue weighted by atomic mass is 9.99. The zero-order valence-electron chi connectivity index (χ0n) is 10.4. The van der Waals surface area contributed by atoms with Crippen LogP contribution in [0.2, 0.25) is 0 Å². The van der Waals surface area contributed by atoms with Gasteiger partial charge in [0.05, 0.1) is 0 Å². The molecule has 0 amide bonds. The van der Waals surface area contributed by atoms with Gasteiger partial charge in [-0.05, 0) is 37.1 Å². The van der Waals surface area contributed by atoms with Crippen molar-refractivity contribution in [3.05, 3.63) is 48.3 Å². The molecule has 1 atom stereocenters. The molecule has 0 radical (unpaired) electrons. The number of aromatic nitrogens is 3. The molecule has 3 rings (SSSR count). The highest BCUT2D eigenvalue weighted by atomic mass is 15.1. The molecule has 1 saturated heterocycles. The van der Waals surface area contributed by atoms with Gasteiger partial charge in [0.15, 0.2) is 0 Å². The van der Waals surface area contributed by atoms with Gasteiger partial charge < -0.3 is 9.88 Å². The first-order valence-electron chi connectivity index (χ1n) is 6.54. The van der Waals surface area contributed by atoms with E-state index >= 15 is 0 Å². The second-order valence-electron chi connectivity index (χ2n) is 4.81. The lowest BCUT2D eigenvalue weighted by Gasteiger charge is -2.23. The first-order valence-corrected chi connectivity index (χ1v) is 6.54. The largest absolute Gasteiger partial charge is 0.330 e. The van der Waals surface area contributed by atoms with E-state index in [1.807, 2.05) is 18.6 Å². The molecule has 0 bridgehead atoms. The fourth-order valence-electron chi connectivity index (χ4n) is 2.57. The molecule has 94 valence electrons. The first kappa shape index (κ1) is 11.4. The van der Waals surface area contributed by atoms with Crippen molar-refractivity contribution in [2.24, 2.45) is 0 Å². The van der Waals surface area contributed by atoms with Gasteiger partial charge in [-0.2, -0.15) is 0 Å². The topological polar surface area (TPSA) is 42.7 Å². The van der Waals surface area contributed by atoms with Gasteiger partial charge in [-0.15, -0.1) is 0 Å². The average molecular weight is 242 g/mol. The summed E-state index contributed by atoms with van der Waals surface area (Å²) >= 11 is 0. The summed E-state index contributed by atoms with van der Waals surface area (Å²) in [6.45, 7) is 3.07. The molecule has 1 aliphatic rings. The number of nitrogens with zero attached hydrogens (tertiary/aromatic N) is 3. The standard InChI is InChI=1S/C14H18N4/c1-2-13(10-16-5-1)14-17-8-9-18(14)11-12-3-6-15-7-4-12/h3-4,6-9,13,16H,1-2,5,10-11H2/t13-/m1/s1. The van der Waals surface area contributed by atoms with Crippen molar-refractivity contribution in [2.45, 2.75) is 25.3 Å². The van der Waals surface area contributed by atoms with Crippen LogP contribution in [0, 0.1) is 0 Å². The maximum Gasteiger partial charge on any atom is 0.113 e. The van der Waals surface area contributed by atoms with Crippen LogP contribution < -0.4 is 5.32 Å². The summed E-state index contributed by atoms with van der Waals surface area (Å²) in [6, 6.07) is 4.12. The van der Waals surface area contributed by atoms with Crippen LogP contribution in [0.3, 0.4) is 0 Å². The van der Waals surface area contributed by atoms with E-state index in [1.165, 1.54) is 24.2 Å². The summed E-state index contributed by atoms with van der Waals surface area (Å²) in [5.74, 6) is 1.76. The quantitative estimate of drug-likeness (QED) is 0.892. The van der Waals surface area contributed by atoms with Crippen LogP contribution >= 0.6 is 0 Å². The van der Waals surface area contributed by atoms with Crippen LogP contribution in [0.15, 0.2) is 36.9 Å². The van der Waals surface area contributed by atoms with Crippen molar-refractivity contribution in [1.29, 1.82) is 0 Å². The maximum absolute atomic E-state index is 4.54. The minimum atomic E-state index is 0.551. The van der Waals surface area contributed by atoms with Crippen molar-refractivity contribution in [1.82, 2.24) is 19.9 Å². The third-order valence-corrected chi connectivity index (χ3v) is 3.51. The molecule has 4 nitrogen and oxygen atoms in total. The van der Waals surface area contributed by atoms with E-state index in [2.05, 4.69) is 38.2 Å². The Morgan fingerprint density at radius 3 is 2.94 bits per heavy atom. The summed E-state index contributed by atoms with van der Waals surface area (Å²) < 4.78 is 2.26. The SMILES string of the molecule is c1cc(Cn2ccnc2[C@@H]2CCCNC2)ccn1. The van der Waals surface area contributed by atoms with Crippen molar-refractivity contribution in [3.63, 3.8) is 0 Å². The fraction of sp³-hybridized carbons (Fsp3) is 0.429. The molecule has 0 unspecified atom stereocenters. The number of pyridine rings is 1. The molecule has 4 heteroatoms. The second kappa shape index (κ2) is 5.31. The van der Waals surface area contributed by atoms with Crippen LogP contribution in [0.4, 0.5) is 0 Å². The summed E-state index contributed by atoms with van der Waals surface area (Å²) in [5.41, 5.74) is 1.27. The maximum atomic E-state index is 4.54. The summed E-state index contributed by atoms with van der Waals surface area (Å²) in [7, 11) is 0. The predicted octanol–water partition coefficient (Wildman–Crippen LogP) is 1.79. The Bertz CT molecular complexity index is 486. The van der Waals surface area contributed by atoms with Gasteiger partial charge in [-0.25, -0.2) is 4.98 Å². The predicted molar refractivity (Wildman–Crippen MR) is 70.4 cm³/mol. The van der Waals surface area contributed by atoms with Crippen molar-refractivity contribution < 1.29 is 0 Å². The number of rotatable bonds is 3. The number of piperidine rings is 1. The normalized spacial score (nSPS) is 19.9. The molecule has 0 aromatic carbocycles. The highest BCUT2D eigenvalue weighted by Gasteiger charge is 2.19. The zero-order chi connectivity index (χ0) is 12.2. The Labute approximate surface area is 107 Å². The minimum absolute atomic E-state index is 0.551. The highest BCUT2D eigenvalue weighted by Crippen LogP contribution is 2.22. The van der Waals surface area contributed by atoms with E-state index in [1.54, 1.807) is 0 Å². The number of hydrogen-bond donors (Lipinski definition) is 1. The molecule has 1 fully saturated rings. The van der Waals surface area contributed by atoms with E-state index < -0.39 is 0 Å². The van der Waals surface area contributed by atoms with E-state index in [0.717, 1.165) is 19.6 Å². The van der Waals surface area contributed by atoms with Crippen molar-refractivity contribution in [2.75, 3.05) is 13.1 Å². The molecule has 2 aromatic rings. The Balaban J connectivity index is 1.78. The Hall–Kier alpha value is -1.68. The van der Waals surface area contributed by atoms with Crippen LogP contribution in [0.25, 0.3) is 0 Å². The van der Waals surface area contributed by atoms with Gasteiger partial charge in [-0.3, -0.25) is 4.98 Å². The lowest BCUT2D eigenvalue weighted by molar-refractivity contribution is 0.435. The van der Waals surface area contributed by atoms with Crippen LogP contribution in [0.1, 0.15) is 30.1 Å². The highest BCUT2D eigenvalue weighted by molar-refractivity contribution is 5.13. The Kier molecular flexibility index (Phi) is 3.37. The minimum Gasteiger partial charge on any atom is -0.330 e. The molecular formula is C14H18N4. The Morgan fingerprint density at radius 1 is 1.28 bits per heavy atom. The summed E-state index contributed by atoms with van der Waals surface area (Å²) in [5, 5.41) is 3.45. The number of hydrogen-bond acceptors (Lipinski definition) is 3. The zero-order valence-corrected chi connectivity index (χ0v) is 10.4.